The average Bonchev–Trinajstić information content (AvgIpc) is 3.73. The average molecular weight is 589 g/mol. The van der Waals surface area contributed by atoms with E-state index in [2.05, 4.69) is 10.0 Å². The van der Waals surface area contributed by atoms with Gasteiger partial charge in [0.15, 0.2) is 0 Å². The van der Waals surface area contributed by atoms with E-state index in [1.54, 1.807) is 54.3 Å². The number of carbonyl (C=O) groups excluding carboxylic acids is 2. The number of amides is 2. The molecule has 3 aromatic carbocycles. The first-order chi connectivity index (χ1) is 18.6. The minimum Gasteiger partial charge on any atom is -0.350 e. The van der Waals surface area contributed by atoms with Crippen LogP contribution in [0, 0.1) is 0 Å². The Labute approximate surface area is 239 Å². The second-order valence-corrected chi connectivity index (χ2v) is 12.2. The molecule has 2 N–H and O–H groups in total. The summed E-state index contributed by atoms with van der Waals surface area (Å²) in [5.41, 5.74) is 2.46. The van der Waals surface area contributed by atoms with Gasteiger partial charge in [-0.15, -0.1) is 0 Å². The van der Waals surface area contributed by atoms with Crippen molar-refractivity contribution in [3.63, 3.8) is 0 Å². The fraction of sp³-hybridized carbons (Fsp3) is 0.310. The van der Waals surface area contributed by atoms with Gasteiger partial charge in [0.2, 0.25) is 21.8 Å². The van der Waals surface area contributed by atoms with Crippen molar-refractivity contribution >= 4 is 45.0 Å². The van der Waals surface area contributed by atoms with Crippen LogP contribution in [0.3, 0.4) is 0 Å². The monoisotopic (exact) mass is 587 g/mol. The molecule has 0 saturated heterocycles. The lowest BCUT2D eigenvalue weighted by Crippen LogP contribution is -2.47. The quantitative estimate of drug-likeness (QED) is 0.308. The Morgan fingerprint density at radius 1 is 0.974 bits per heavy atom. The zero-order chi connectivity index (χ0) is 28.0. The molecular weight excluding hydrogens is 557 g/mol. The molecule has 1 fully saturated rings. The van der Waals surface area contributed by atoms with Gasteiger partial charge in [-0.05, 0) is 67.1 Å². The van der Waals surface area contributed by atoms with E-state index in [0.717, 1.165) is 29.5 Å². The number of carbonyl (C=O) groups is 2. The van der Waals surface area contributed by atoms with Crippen LogP contribution in [0.5, 0.6) is 0 Å². The Kier molecular flexibility index (Phi) is 9.67. The number of halogens is 2. The molecular formula is C29H31Cl2N3O4S. The number of sulfonamides is 1. The number of nitrogens with zero attached hydrogens (tertiary/aromatic N) is 1. The normalized spacial score (nSPS) is 14.0. The molecule has 2 amide bonds. The van der Waals surface area contributed by atoms with Crippen LogP contribution < -0.4 is 10.0 Å². The highest BCUT2D eigenvalue weighted by Crippen LogP contribution is 2.23. The summed E-state index contributed by atoms with van der Waals surface area (Å²) < 4.78 is 27.5. The van der Waals surface area contributed by atoms with E-state index < -0.39 is 16.1 Å². The van der Waals surface area contributed by atoms with Crippen LogP contribution in [0.15, 0.2) is 77.7 Å². The molecule has 0 heterocycles. The minimum absolute atomic E-state index is 0.0326. The number of aryl methyl sites for hydroxylation is 1. The predicted octanol–water partition coefficient (Wildman–Crippen LogP) is 5.10. The highest BCUT2D eigenvalue weighted by atomic mass is 35.5. The number of nitrogens with one attached hydrogen (secondary N) is 2. The summed E-state index contributed by atoms with van der Waals surface area (Å²) in [4.78, 5) is 28.2. The van der Waals surface area contributed by atoms with E-state index in [1.165, 1.54) is 0 Å². The van der Waals surface area contributed by atoms with Crippen molar-refractivity contribution in [2.75, 3.05) is 0 Å². The summed E-state index contributed by atoms with van der Waals surface area (Å²) in [6.07, 6.45) is 2.31. The number of benzene rings is 3. The molecule has 0 radical (unpaired) electrons. The van der Waals surface area contributed by atoms with Crippen LogP contribution in [0.4, 0.5) is 0 Å². The predicted molar refractivity (Wildman–Crippen MR) is 153 cm³/mol. The van der Waals surface area contributed by atoms with E-state index in [9.17, 15) is 18.0 Å². The second kappa shape index (κ2) is 13.0. The fourth-order valence-electron chi connectivity index (χ4n) is 4.08. The summed E-state index contributed by atoms with van der Waals surface area (Å²) in [6.45, 7) is 2.18. The SMILES string of the molecule is C[C@@H](C(=O)NCc1ccc(Cl)cc1Cl)N(Cc1ccccc1)C(=O)CCc1ccc(S(=O)(=O)NC2CC2)cc1. The van der Waals surface area contributed by atoms with Gasteiger partial charge >= 0.3 is 0 Å². The number of hydrogen-bond acceptors (Lipinski definition) is 4. The van der Waals surface area contributed by atoms with Gasteiger partial charge in [0.05, 0.1) is 4.90 Å². The summed E-state index contributed by atoms with van der Waals surface area (Å²) >= 11 is 12.2. The Morgan fingerprint density at radius 2 is 1.67 bits per heavy atom. The third-order valence-electron chi connectivity index (χ3n) is 6.59. The van der Waals surface area contributed by atoms with Crippen LogP contribution in [0.1, 0.15) is 42.9 Å². The molecule has 1 aliphatic rings. The first-order valence-corrected chi connectivity index (χ1v) is 15.0. The van der Waals surface area contributed by atoms with Crippen LogP contribution >= 0.6 is 23.2 Å². The molecule has 0 bridgehead atoms. The lowest BCUT2D eigenvalue weighted by molar-refractivity contribution is -0.140. The first kappa shape index (κ1) is 29.1. The van der Waals surface area contributed by atoms with Gasteiger partial charge in [-0.2, -0.15) is 0 Å². The van der Waals surface area contributed by atoms with Crippen LogP contribution in [0.2, 0.25) is 10.0 Å². The first-order valence-electron chi connectivity index (χ1n) is 12.8. The van der Waals surface area contributed by atoms with Gasteiger partial charge in [-0.1, -0.05) is 71.7 Å². The molecule has 3 aromatic rings. The van der Waals surface area contributed by atoms with Crippen molar-refractivity contribution in [3.05, 3.63) is 99.5 Å². The molecule has 1 atom stereocenters. The van der Waals surface area contributed by atoms with Crippen molar-refractivity contribution in [1.29, 1.82) is 0 Å². The molecule has 206 valence electrons. The highest BCUT2D eigenvalue weighted by Gasteiger charge is 2.28. The maximum atomic E-state index is 13.4. The zero-order valence-corrected chi connectivity index (χ0v) is 23.9. The smallest absolute Gasteiger partial charge is 0.242 e. The summed E-state index contributed by atoms with van der Waals surface area (Å²) in [5, 5.41) is 3.83. The van der Waals surface area contributed by atoms with E-state index in [0.29, 0.717) is 16.5 Å². The lowest BCUT2D eigenvalue weighted by Gasteiger charge is -2.29. The Hall–Kier alpha value is -2.91. The van der Waals surface area contributed by atoms with Crippen LogP contribution in [0.25, 0.3) is 0 Å². The van der Waals surface area contributed by atoms with E-state index in [1.807, 2.05) is 30.3 Å². The van der Waals surface area contributed by atoms with Gasteiger partial charge in [-0.25, -0.2) is 13.1 Å². The highest BCUT2D eigenvalue weighted by molar-refractivity contribution is 7.89. The van der Waals surface area contributed by atoms with E-state index in [4.69, 9.17) is 23.2 Å². The molecule has 4 rings (SSSR count). The van der Waals surface area contributed by atoms with Crippen molar-refractivity contribution in [2.45, 2.75) is 62.7 Å². The largest absolute Gasteiger partial charge is 0.350 e. The molecule has 39 heavy (non-hydrogen) atoms. The standard InChI is InChI=1S/C29H31Cl2N3O4S/c1-20(29(36)32-18-23-10-11-24(30)17-27(23)31)34(19-22-5-3-2-4-6-22)28(35)16-9-21-7-14-26(15-8-21)39(37,38)33-25-12-13-25/h2-8,10-11,14-15,17,20,25,33H,9,12-13,16,18-19H2,1H3,(H,32,36)/t20-/m0/s1. The minimum atomic E-state index is -3.53. The Bertz CT molecular complexity index is 1410. The summed E-state index contributed by atoms with van der Waals surface area (Å²) in [6, 6.07) is 20.4. The van der Waals surface area contributed by atoms with Gasteiger partial charge in [-0.3, -0.25) is 9.59 Å². The molecule has 1 saturated carbocycles. The molecule has 0 spiro atoms. The van der Waals surface area contributed by atoms with Gasteiger partial charge in [0, 0.05) is 35.6 Å². The zero-order valence-electron chi connectivity index (χ0n) is 21.6. The molecule has 0 aromatic heterocycles. The van der Waals surface area contributed by atoms with Crippen molar-refractivity contribution in [2.24, 2.45) is 0 Å². The number of rotatable bonds is 12. The fourth-order valence-corrected chi connectivity index (χ4v) is 5.86. The lowest BCUT2D eigenvalue weighted by atomic mass is 10.1. The van der Waals surface area contributed by atoms with Crippen molar-refractivity contribution in [1.82, 2.24) is 14.9 Å². The van der Waals surface area contributed by atoms with E-state index in [-0.39, 0.29) is 42.3 Å². The molecule has 1 aliphatic carbocycles. The Balaban J connectivity index is 1.40. The van der Waals surface area contributed by atoms with Crippen molar-refractivity contribution in [3.8, 4) is 0 Å². The summed E-state index contributed by atoms with van der Waals surface area (Å²) in [5.74, 6) is -0.485. The maximum absolute atomic E-state index is 13.4. The third-order valence-corrected chi connectivity index (χ3v) is 8.71. The van der Waals surface area contributed by atoms with E-state index >= 15 is 0 Å². The van der Waals surface area contributed by atoms with Crippen LogP contribution in [-0.2, 0) is 39.1 Å². The van der Waals surface area contributed by atoms with Gasteiger partial charge in [0.1, 0.15) is 6.04 Å². The van der Waals surface area contributed by atoms with Crippen LogP contribution in [-0.4, -0.2) is 37.2 Å². The topological polar surface area (TPSA) is 95.6 Å². The Morgan fingerprint density at radius 3 is 2.31 bits per heavy atom. The van der Waals surface area contributed by atoms with Crippen molar-refractivity contribution < 1.29 is 18.0 Å². The van der Waals surface area contributed by atoms with Gasteiger partial charge in [0.25, 0.3) is 0 Å². The summed E-state index contributed by atoms with van der Waals surface area (Å²) in [7, 11) is -3.53. The molecule has 0 aliphatic heterocycles. The molecule has 10 heteroatoms. The molecule has 7 nitrogen and oxygen atoms in total. The van der Waals surface area contributed by atoms with Gasteiger partial charge < -0.3 is 10.2 Å². The molecule has 0 unspecified atom stereocenters. The second-order valence-electron chi connectivity index (χ2n) is 9.68. The maximum Gasteiger partial charge on any atom is 0.242 e. The number of hydrogen-bond donors (Lipinski definition) is 2. The third kappa shape index (κ3) is 8.29.